The molecule has 0 spiro atoms. The Morgan fingerprint density at radius 2 is 1.83 bits per heavy atom. The summed E-state index contributed by atoms with van der Waals surface area (Å²) in [6, 6.07) is 15.1. The number of fused-ring (bicyclic) bond motifs is 1. The van der Waals surface area contributed by atoms with Gasteiger partial charge >= 0.3 is 0 Å². The summed E-state index contributed by atoms with van der Waals surface area (Å²) in [7, 11) is 1.73. The average molecular weight is 393 g/mol. The minimum atomic E-state index is 0.156. The van der Waals surface area contributed by atoms with E-state index in [1.807, 2.05) is 12.1 Å². The van der Waals surface area contributed by atoms with Gasteiger partial charge in [0.25, 0.3) is 0 Å². The summed E-state index contributed by atoms with van der Waals surface area (Å²) in [6.07, 6.45) is 7.42. The van der Waals surface area contributed by atoms with Crippen LogP contribution in [0.2, 0.25) is 0 Å². The van der Waals surface area contributed by atoms with Crippen LogP contribution in [0.25, 0.3) is 0 Å². The summed E-state index contributed by atoms with van der Waals surface area (Å²) >= 11 is 0. The van der Waals surface area contributed by atoms with Crippen LogP contribution in [0.1, 0.15) is 47.9 Å². The number of hydrogen-bond donors (Lipinski definition) is 1. The van der Waals surface area contributed by atoms with E-state index in [4.69, 9.17) is 4.74 Å². The van der Waals surface area contributed by atoms with Crippen molar-refractivity contribution in [2.24, 2.45) is 0 Å². The summed E-state index contributed by atoms with van der Waals surface area (Å²) in [5.41, 5.74) is 5.30. The summed E-state index contributed by atoms with van der Waals surface area (Å²) in [4.78, 5) is 15.0. The van der Waals surface area contributed by atoms with Gasteiger partial charge in [0.1, 0.15) is 5.75 Å². The van der Waals surface area contributed by atoms with Crippen molar-refractivity contribution in [1.82, 2.24) is 10.2 Å². The molecule has 2 aliphatic rings. The fourth-order valence-electron chi connectivity index (χ4n) is 4.67. The fourth-order valence-corrected chi connectivity index (χ4v) is 4.67. The number of para-hydroxylation sites is 1. The van der Waals surface area contributed by atoms with Gasteiger partial charge in [-0.1, -0.05) is 36.4 Å². The van der Waals surface area contributed by atoms with Crippen molar-refractivity contribution in [2.45, 2.75) is 57.5 Å². The molecule has 1 heterocycles. The van der Waals surface area contributed by atoms with E-state index >= 15 is 0 Å². The topological polar surface area (TPSA) is 41.6 Å². The average Bonchev–Trinajstić information content (AvgIpc) is 2.75. The number of hydrogen-bond acceptors (Lipinski definition) is 3. The lowest BCUT2D eigenvalue weighted by Crippen LogP contribution is -2.44. The first kappa shape index (κ1) is 20.0. The summed E-state index contributed by atoms with van der Waals surface area (Å²) in [6.45, 7) is 2.91. The van der Waals surface area contributed by atoms with Crippen LogP contribution in [-0.4, -0.2) is 37.0 Å². The molecule has 1 N–H and O–H groups in total. The molecular weight excluding hydrogens is 360 g/mol. The molecule has 1 fully saturated rings. The predicted octanol–water partition coefficient (Wildman–Crippen LogP) is 3.90. The largest absolute Gasteiger partial charge is 0.496 e. The van der Waals surface area contributed by atoms with Crippen molar-refractivity contribution in [1.29, 1.82) is 0 Å². The molecule has 1 amide bonds. The number of carbonyl (C=O) groups excluding carboxylic acids is 1. The van der Waals surface area contributed by atoms with Crippen LogP contribution in [0, 0.1) is 0 Å². The molecule has 0 atom stereocenters. The molecule has 1 aliphatic heterocycles. The number of ether oxygens (including phenoxy) is 1. The molecule has 4 nitrogen and oxygen atoms in total. The first-order valence-electron chi connectivity index (χ1n) is 11.0. The highest BCUT2D eigenvalue weighted by molar-refractivity contribution is 5.79. The van der Waals surface area contributed by atoms with E-state index in [0.29, 0.717) is 6.42 Å². The Hall–Kier alpha value is -2.33. The van der Waals surface area contributed by atoms with Crippen molar-refractivity contribution in [3.8, 4) is 5.75 Å². The molecule has 2 aromatic rings. The molecule has 0 radical (unpaired) electrons. The fraction of sp³-hybridized carbons (Fsp3) is 0.480. The number of carbonyl (C=O) groups is 1. The number of methoxy groups -OCH3 is 1. The molecule has 0 unspecified atom stereocenters. The van der Waals surface area contributed by atoms with Gasteiger partial charge < -0.3 is 10.1 Å². The smallest absolute Gasteiger partial charge is 0.224 e. The van der Waals surface area contributed by atoms with Gasteiger partial charge in [0.15, 0.2) is 0 Å². The van der Waals surface area contributed by atoms with Crippen molar-refractivity contribution in [2.75, 3.05) is 20.2 Å². The molecule has 0 saturated carbocycles. The van der Waals surface area contributed by atoms with Crippen LogP contribution in [0.4, 0.5) is 0 Å². The monoisotopic (exact) mass is 392 g/mol. The number of piperidine rings is 1. The second kappa shape index (κ2) is 9.45. The lowest BCUT2D eigenvalue weighted by Gasteiger charge is -2.32. The summed E-state index contributed by atoms with van der Waals surface area (Å²) < 4.78 is 5.47. The molecule has 0 aromatic heterocycles. The van der Waals surface area contributed by atoms with Gasteiger partial charge in [-0.05, 0) is 61.3 Å². The molecule has 4 heteroatoms. The van der Waals surface area contributed by atoms with Gasteiger partial charge in [-0.2, -0.15) is 0 Å². The minimum Gasteiger partial charge on any atom is -0.496 e. The van der Waals surface area contributed by atoms with Crippen LogP contribution in [0.5, 0.6) is 5.75 Å². The number of rotatable bonds is 6. The quantitative estimate of drug-likeness (QED) is 0.811. The van der Waals surface area contributed by atoms with E-state index in [1.54, 1.807) is 7.11 Å². The Kier molecular flexibility index (Phi) is 6.50. The van der Waals surface area contributed by atoms with E-state index < -0.39 is 0 Å². The maximum atomic E-state index is 12.6. The number of nitrogens with zero attached hydrogens (tertiary/aromatic N) is 1. The van der Waals surface area contributed by atoms with Crippen molar-refractivity contribution in [3.05, 3.63) is 64.7 Å². The number of nitrogens with one attached hydrogen (secondary N) is 1. The van der Waals surface area contributed by atoms with Gasteiger partial charge in [0.05, 0.1) is 13.5 Å². The van der Waals surface area contributed by atoms with Gasteiger partial charge in [-0.15, -0.1) is 0 Å². The van der Waals surface area contributed by atoms with Gasteiger partial charge in [-0.3, -0.25) is 9.69 Å². The molecule has 1 saturated heterocycles. The second-order valence-electron chi connectivity index (χ2n) is 8.42. The third kappa shape index (κ3) is 5.18. The Bertz CT molecular complexity index is 840. The maximum Gasteiger partial charge on any atom is 0.224 e. The Labute approximate surface area is 174 Å². The van der Waals surface area contributed by atoms with Crippen LogP contribution in [0.15, 0.2) is 42.5 Å². The second-order valence-corrected chi connectivity index (χ2v) is 8.42. The van der Waals surface area contributed by atoms with Crippen LogP contribution in [-0.2, 0) is 30.6 Å². The number of likely N-dealkylation sites (tertiary alicyclic amines) is 1. The first-order valence-corrected chi connectivity index (χ1v) is 11.0. The SMILES string of the molecule is COc1ccccc1CN1CCC(NC(=O)Cc2ccc3c(c2)CCCC3)CC1. The maximum absolute atomic E-state index is 12.6. The van der Waals surface area contributed by atoms with E-state index in [1.165, 1.54) is 36.0 Å². The molecule has 0 bridgehead atoms. The molecule has 29 heavy (non-hydrogen) atoms. The third-order valence-electron chi connectivity index (χ3n) is 6.32. The number of benzene rings is 2. The standard InChI is InChI=1S/C25H32N2O2/c1-29-24-9-5-4-8-22(24)18-27-14-12-23(13-15-27)26-25(28)17-19-10-11-20-6-2-3-7-21(20)16-19/h4-5,8-11,16,23H,2-3,6-7,12-15,17-18H2,1H3,(H,26,28). The van der Waals surface area contributed by atoms with Gasteiger partial charge in [0.2, 0.25) is 5.91 Å². The third-order valence-corrected chi connectivity index (χ3v) is 6.32. The zero-order valence-corrected chi connectivity index (χ0v) is 17.5. The van der Waals surface area contributed by atoms with E-state index in [0.717, 1.165) is 50.2 Å². The highest BCUT2D eigenvalue weighted by atomic mass is 16.5. The van der Waals surface area contributed by atoms with E-state index in [2.05, 4.69) is 40.5 Å². The molecule has 154 valence electrons. The van der Waals surface area contributed by atoms with Crippen molar-refractivity contribution in [3.63, 3.8) is 0 Å². The van der Waals surface area contributed by atoms with E-state index in [-0.39, 0.29) is 11.9 Å². The molecular formula is C25H32N2O2. The summed E-state index contributed by atoms with van der Waals surface area (Å²) in [5.74, 6) is 1.11. The van der Waals surface area contributed by atoms with Gasteiger partial charge in [-0.25, -0.2) is 0 Å². The highest BCUT2D eigenvalue weighted by Crippen LogP contribution is 2.23. The normalized spacial score (nSPS) is 17.6. The van der Waals surface area contributed by atoms with Crippen LogP contribution >= 0.6 is 0 Å². The number of aryl methyl sites for hydroxylation is 2. The first-order chi connectivity index (χ1) is 14.2. The zero-order chi connectivity index (χ0) is 20.1. The highest BCUT2D eigenvalue weighted by Gasteiger charge is 2.21. The molecule has 2 aromatic carbocycles. The van der Waals surface area contributed by atoms with Gasteiger partial charge in [0, 0.05) is 31.2 Å². The Morgan fingerprint density at radius 1 is 1.07 bits per heavy atom. The van der Waals surface area contributed by atoms with Crippen LogP contribution < -0.4 is 10.1 Å². The molecule has 1 aliphatic carbocycles. The summed E-state index contributed by atoms with van der Waals surface area (Å²) in [5, 5.41) is 3.26. The number of amides is 1. The minimum absolute atomic E-state index is 0.156. The van der Waals surface area contributed by atoms with Crippen molar-refractivity contribution < 1.29 is 9.53 Å². The van der Waals surface area contributed by atoms with Crippen LogP contribution in [0.3, 0.4) is 0 Å². The lowest BCUT2D eigenvalue weighted by atomic mass is 9.90. The zero-order valence-electron chi connectivity index (χ0n) is 17.5. The predicted molar refractivity (Wildman–Crippen MR) is 116 cm³/mol. The Balaban J connectivity index is 1.24. The lowest BCUT2D eigenvalue weighted by molar-refractivity contribution is -0.121. The molecule has 4 rings (SSSR count). The van der Waals surface area contributed by atoms with E-state index in [9.17, 15) is 4.79 Å². The Morgan fingerprint density at radius 3 is 2.62 bits per heavy atom. The van der Waals surface area contributed by atoms with Crippen molar-refractivity contribution >= 4 is 5.91 Å².